The van der Waals surface area contributed by atoms with E-state index in [4.69, 9.17) is 10.00 Å². The molecule has 2 aromatic rings. The van der Waals surface area contributed by atoms with Gasteiger partial charge in [0.05, 0.1) is 21.7 Å². The third kappa shape index (κ3) is 2.94. The quantitative estimate of drug-likeness (QED) is 0.779. The van der Waals surface area contributed by atoms with E-state index < -0.39 is 24.1 Å². The van der Waals surface area contributed by atoms with Crippen molar-refractivity contribution in [3.05, 3.63) is 63.4 Å². The van der Waals surface area contributed by atoms with Crippen molar-refractivity contribution < 1.29 is 17.9 Å². The fourth-order valence-electron chi connectivity index (χ4n) is 1.54. The van der Waals surface area contributed by atoms with Crippen molar-refractivity contribution in [1.82, 2.24) is 0 Å². The molecule has 0 N–H and O–H groups in total. The normalized spacial score (nSPS) is 10.2. The largest absolute Gasteiger partial charge is 0.486 e. The number of nitriles is 1. The first-order valence-electron chi connectivity index (χ1n) is 5.47. The first kappa shape index (κ1) is 14.4. The average molecular weight is 342 g/mol. The van der Waals surface area contributed by atoms with Crippen LogP contribution in [0.4, 0.5) is 13.2 Å². The topological polar surface area (TPSA) is 33.0 Å². The highest BCUT2D eigenvalue weighted by Gasteiger charge is 2.14. The monoisotopic (exact) mass is 341 g/mol. The lowest BCUT2D eigenvalue weighted by Crippen LogP contribution is -2.03. The zero-order valence-electron chi connectivity index (χ0n) is 9.96. The molecule has 0 atom stereocenters. The fraction of sp³-hybridized carbons (Fsp3) is 0.0714. The molecule has 0 saturated carbocycles. The minimum Gasteiger partial charge on any atom is -0.486 e. The number of rotatable bonds is 3. The second-order valence-corrected chi connectivity index (χ2v) is 4.72. The van der Waals surface area contributed by atoms with Crippen LogP contribution >= 0.6 is 15.9 Å². The van der Waals surface area contributed by atoms with Crippen LogP contribution in [0.1, 0.15) is 11.1 Å². The second-order valence-electron chi connectivity index (χ2n) is 3.87. The molecule has 0 aliphatic rings. The summed E-state index contributed by atoms with van der Waals surface area (Å²) in [5.74, 6) is -2.51. The molecule has 0 aliphatic heterocycles. The van der Waals surface area contributed by atoms with Crippen LogP contribution in [0.5, 0.6) is 5.75 Å². The van der Waals surface area contributed by atoms with Crippen molar-refractivity contribution in [2.24, 2.45) is 0 Å². The SMILES string of the molecule is N#Cc1ccc(OCc2c(F)ccc(Br)c2F)c(F)c1. The van der Waals surface area contributed by atoms with Gasteiger partial charge in [0, 0.05) is 0 Å². The summed E-state index contributed by atoms with van der Waals surface area (Å²) in [6.07, 6.45) is 0. The van der Waals surface area contributed by atoms with Crippen LogP contribution in [0.25, 0.3) is 0 Å². The van der Waals surface area contributed by atoms with Crippen LogP contribution in [0, 0.1) is 28.8 Å². The molecule has 6 heteroatoms. The third-order valence-corrected chi connectivity index (χ3v) is 3.18. The number of benzene rings is 2. The van der Waals surface area contributed by atoms with Crippen LogP contribution < -0.4 is 4.74 Å². The molecule has 0 heterocycles. The first-order valence-corrected chi connectivity index (χ1v) is 6.27. The van der Waals surface area contributed by atoms with Gasteiger partial charge in [-0.25, -0.2) is 13.2 Å². The molecule has 0 fully saturated rings. The van der Waals surface area contributed by atoms with Gasteiger partial charge in [-0.05, 0) is 46.3 Å². The molecule has 0 amide bonds. The molecule has 0 radical (unpaired) electrons. The van der Waals surface area contributed by atoms with E-state index in [1.54, 1.807) is 6.07 Å². The van der Waals surface area contributed by atoms with Crippen molar-refractivity contribution in [1.29, 1.82) is 5.26 Å². The summed E-state index contributed by atoms with van der Waals surface area (Å²) in [6.45, 7) is -0.458. The Balaban J connectivity index is 2.22. The van der Waals surface area contributed by atoms with Crippen molar-refractivity contribution in [3.63, 3.8) is 0 Å². The fourth-order valence-corrected chi connectivity index (χ4v) is 1.91. The van der Waals surface area contributed by atoms with Crippen LogP contribution in [0.15, 0.2) is 34.8 Å². The van der Waals surface area contributed by atoms with E-state index in [1.807, 2.05) is 0 Å². The van der Waals surface area contributed by atoms with Crippen LogP contribution in [0.2, 0.25) is 0 Å². The van der Waals surface area contributed by atoms with Gasteiger partial charge in [-0.1, -0.05) is 0 Å². The number of hydrogen-bond acceptors (Lipinski definition) is 2. The van der Waals surface area contributed by atoms with E-state index in [2.05, 4.69) is 15.9 Å². The van der Waals surface area contributed by atoms with Crippen LogP contribution in [-0.2, 0) is 6.61 Å². The molecular weight excluding hydrogens is 335 g/mol. The highest BCUT2D eigenvalue weighted by molar-refractivity contribution is 9.10. The zero-order valence-corrected chi connectivity index (χ0v) is 11.5. The minimum atomic E-state index is -0.793. The summed E-state index contributed by atoms with van der Waals surface area (Å²) in [5.41, 5.74) is -0.169. The van der Waals surface area contributed by atoms with E-state index in [0.717, 1.165) is 12.1 Å². The zero-order chi connectivity index (χ0) is 14.7. The maximum Gasteiger partial charge on any atom is 0.166 e. The Morgan fingerprint density at radius 1 is 1.10 bits per heavy atom. The Morgan fingerprint density at radius 3 is 2.50 bits per heavy atom. The number of nitrogens with zero attached hydrogens (tertiary/aromatic N) is 1. The molecule has 0 bridgehead atoms. The minimum absolute atomic E-state index is 0.0952. The highest BCUT2D eigenvalue weighted by atomic mass is 79.9. The molecule has 2 nitrogen and oxygen atoms in total. The molecule has 0 spiro atoms. The molecule has 0 aromatic heterocycles. The van der Waals surface area contributed by atoms with Crippen LogP contribution in [-0.4, -0.2) is 0 Å². The molecule has 0 unspecified atom stereocenters. The average Bonchev–Trinajstić information content (AvgIpc) is 2.44. The standard InChI is InChI=1S/C14H7BrF3NO/c15-10-2-3-11(16)9(14(10)18)7-20-13-4-1-8(6-19)5-12(13)17/h1-5H,7H2. The lowest BCUT2D eigenvalue weighted by atomic mass is 10.2. The van der Waals surface area contributed by atoms with Gasteiger partial charge in [-0.2, -0.15) is 5.26 Å². The van der Waals surface area contributed by atoms with Gasteiger partial charge in [0.15, 0.2) is 11.6 Å². The molecular formula is C14H7BrF3NO. The number of ether oxygens (including phenoxy) is 1. The lowest BCUT2D eigenvalue weighted by molar-refractivity contribution is 0.278. The van der Waals surface area contributed by atoms with E-state index in [0.29, 0.717) is 0 Å². The van der Waals surface area contributed by atoms with Crippen molar-refractivity contribution in [3.8, 4) is 11.8 Å². The summed E-state index contributed by atoms with van der Waals surface area (Å²) >= 11 is 2.93. The summed E-state index contributed by atoms with van der Waals surface area (Å²) in [4.78, 5) is 0. The summed E-state index contributed by atoms with van der Waals surface area (Å²) in [5, 5.41) is 8.60. The number of halogens is 4. The Hall–Kier alpha value is -2.00. The smallest absolute Gasteiger partial charge is 0.166 e. The highest BCUT2D eigenvalue weighted by Crippen LogP contribution is 2.24. The van der Waals surface area contributed by atoms with E-state index in [1.165, 1.54) is 18.2 Å². The van der Waals surface area contributed by atoms with Gasteiger partial charge < -0.3 is 4.74 Å². The second kappa shape index (κ2) is 5.97. The summed E-state index contributed by atoms with van der Waals surface area (Å²) in [7, 11) is 0. The summed E-state index contributed by atoms with van der Waals surface area (Å²) in [6, 6.07) is 7.67. The Kier molecular flexibility index (Phi) is 4.30. The van der Waals surface area contributed by atoms with Crippen molar-refractivity contribution in [2.75, 3.05) is 0 Å². The van der Waals surface area contributed by atoms with Gasteiger partial charge in [0.25, 0.3) is 0 Å². The van der Waals surface area contributed by atoms with E-state index in [9.17, 15) is 13.2 Å². The van der Waals surface area contributed by atoms with Gasteiger partial charge in [0.2, 0.25) is 0 Å². The number of hydrogen-bond donors (Lipinski definition) is 0. The van der Waals surface area contributed by atoms with Crippen molar-refractivity contribution in [2.45, 2.75) is 6.61 Å². The van der Waals surface area contributed by atoms with E-state index in [-0.39, 0.29) is 21.3 Å². The predicted octanol–water partition coefficient (Wildman–Crippen LogP) is 4.32. The third-order valence-electron chi connectivity index (χ3n) is 2.57. The molecule has 0 saturated heterocycles. The first-order chi connectivity index (χ1) is 9.52. The Morgan fingerprint density at radius 2 is 1.85 bits per heavy atom. The van der Waals surface area contributed by atoms with Gasteiger partial charge in [-0.15, -0.1) is 0 Å². The molecule has 20 heavy (non-hydrogen) atoms. The molecule has 2 aromatic carbocycles. The Bertz CT molecular complexity index is 698. The van der Waals surface area contributed by atoms with Gasteiger partial charge in [0.1, 0.15) is 18.2 Å². The van der Waals surface area contributed by atoms with E-state index >= 15 is 0 Å². The van der Waals surface area contributed by atoms with Gasteiger partial charge in [-0.3, -0.25) is 0 Å². The van der Waals surface area contributed by atoms with Gasteiger partial charge >= 0.3 is 0 Å². The lowest BCUT2D eigenvalue weighted by Gasteiger charge is -2.10. The van der Waals surface area contributed by atoms with Crippen LogP contribution in [0.3, 0.4) is 0 Å². The maximum absolute atomic E-state index is 13.7. The maximum atomic E-state index is 13.7. The molecule has 2 rings (SSSR count). The molecule has 102 valence electrons. The Labute approximate surface area is 121 Å². The van der Waals surface area contributed by atoms with Crippen molar-refractivity contribution >= 4 is 15.9 Å². The summed E-state index contributed by atoms with van der Waals surface area (Å²) < 4.78 is 45.9. The predicted molar refractivity (Wildman–Crippen MR) is 69.5 cm³/mol. The molecule has 0 aliphatic carbocycles.